The highest BCUT2D eigenvalue weighted by Gasteiger charge is 2.32. The number of aromatic nitrogens is 4. The minimum absolute atomic E-state index is 0. The van der Waals surface area contributed by atoms with Crippen LogP contribution in [0.5, 0.6) is 0 Å². The lowest BCUT2D eigenvalue weighted by molar-refractivity contribution is 0.0620. The standard InChI is InChI=1S/C18H22N6OS.2ClH/c1-12-10-14(13(2)24(12)18-21-6-9-26-18)17(25)23-8-4-19-11-15(23)16-20-5-7-22(16)3;;/h5-7,9-10,15,19H,4,8,11H2,1-3H3;2*1H. The van der Waals surface area contributed by atoms with Crippen LogP contribution in [-0.4, -0.2) is 49.5 Å². The molecule has 3 aromatic heterocycles. The monoisotopic (exact) mass is 442 g/mol. The van der Waals surface area contributed by atoms with E-state index in [-0.39, 0.29) is 36.8 Å². The summed E-state index contributed by atoms with van der Waals surface area (Å²) in [6, 6.07) is 1.90. The first-order valence-electron chi connectivity index (χ1n) is 8.65. The van der Waals surface area contributed by atoms with Crippen LogP contribution in [0.25, 0.3) is 5.13 Å². The molecule has 28 heavy (non-hydrogen) atoms. The van der Waals surface area contributed by atoms with Crippen LogP contribution in [0.4, 0.5) is 0 Å². The molecule has 0 spiro atoms. The quantitative estimate of drug-likeness (QED) is 0.676. The van der Waals surface area contributed by atoms with Crippen LogP contribution in [0.2, 0.25) is 0 Å². The van der Waals surface area contributed by atoms with Crippen molar-refractivity contribution in [2.75, 3.05) is 19.6 Å². The Hall–Kier alpha value is -1.87. The molecule has 1 aliphatic rings. The van der Waals surface area contributed by atoms with Crippen LogP contribution in [0.3, 0.4) is 0 Å². The number of nitrogens with one attached hydrogen (secondary N) is 1. The minimum atomic E-state index is -0.0702. The largest absolute Gasteiger partial charge is 0.336 e. The first kappa shape index (κ1) is 22.4. The Kier molecular flexibility index (Phi) is 7.28. The minimum Gasteiger partial charge on any atom is -0.336 e. The van der Waals surface area contributed by atoms with Gasteiger partial charge in [-0.2, -0.15) is 0 Å². The molecular formula is C18H24Cl2N6OS. The van der Waals surface area contributed by atoms with Gasteiger partial charge >= 0.3 is 0 Å². The average molecular weight is 443 g/mol. The molecule has 3 aromatic rings. The van der Waals surface area contributed by atoms with Crippen LogP contribution in [0, 0.1) is 13.8 Å². The molecule has 4 heterocycles. The molecule has 1 fully saturated rings. The van der Waals surface area contributed by atoms with Crippen LogP contribution >= 0.6 is 36.2 Å². The molecule has 7 nitrogen and oxygen atoms in total. The predicted molar refractivity (Wildman–Crippen MR) is 115 cm³/mol. The number of hydrogen-bond acceptors (Lipinski definition) is 5. The molecule has 0 aromatic carbocycles. The summed E-state index contributed by atoms with van der Waals surface area (Å²) in [5.41, 5.74) is 2.68. The van der Waals surface area contributed by atoms with Gasteiger partial charge in [0.2, 0.25) is 0 Å². The fraction of sp³-hybridized carbons (Fsp3) is 0.389. The van der Waals surface area contributed by atoms with E-state index in [4.69, 9.17) is 0 Å². The summed E-state index contributed by atoms with van der Waals surface area (Å²) >= 11 is 1.57. The average Bonchev–Trinajstić information content (AvgIpc) is 3.36. The van der Waals surface area contributed by atoms with E-state index in [1.54, 1.807) is 23.7 Å². The van der Waals surface area contributed by atoms with Gasteiger partial charge in [-0.1, -0.05) is 0 Å². The third-order valence-electron chi connectivity index (χ3n) is 4.93. The number of carbonyl (C=O) groups is 1. The fourth-order valence-corrected chi connectivity index (χ4v) is 4.38. The number of amides is 1. The molecule has 10 heteroatoms. The normalized spacial score (nSPS) is 16.4. The van der Waals surface area contributed by atoms with E-state index < -0.39 is 0 Å². The molecule has 152 valence electrons. The zero-order chi connectivity index (χ0) is 18.3. The number of thiazole rings is 1. The number of piperazine rings is 1. The second-order valence-electron chi connectivity index (χ2n) is 6.55. The lowest BCUT2D eigenvalue weighted by Gasteiger charge is -2.35. The molecule has 0 bridgehead atoms. The van der Waals surface area contributed by atoms with Gasteiger partial charge in [-0.25, -0.2) is 9.97 Å². The highest BCUT2D eigenvalue weighted by molar-refractivity contribution is 7.12. The highest BCUT2D eigenvalue weighted by Crippen LogP contribution is 2.27. The number of hydrogen-bond donors (Lipinski definition) is 1. The van der Waals surface area contributed by atoms with Crippen molar-refractivity contribution >= 4 is 42.1 Å². The lowest BCUT2D eigenvalue weighted by Crippen LogP contribution is -2.49. The van der Waals surface area contributed by atoms with E-state index in [2.05, 4.69) is 19.9 Å². The highest BCUT2D eigenvalue weighted by atomic mass is 35.5. The Morgan fingerprint density at radius 3 is 2.68 bits per heavy atom. The number of aryl methyl sites for hydroxylation is 2. The van der Waals surface area contributed by atoms with Crippen molar-refractivity contribution in [3.8, 4) is 5.13 Å². The Labute approximate surface area is 180 Å². The summed E-state index contributed by atoms with van der Waals surface area (Å²) in [5.74, 6) is 0.953. The summed E-state index contributed by atoms with van der Waals surface area (Å²) in [7, 11) is 1.97. The van der Waals surface area contributed by atoms with E-state index >= 15 is 0 Å². The zero-order valence-electron chi connectivity index (χ0n) is 16.0. The molecule has 1 aliphatic heterocycles. The van der Waals surface area contributed by atoms with Gasteiger partial charge < -0.3 is 14.8 Å². The Morgan fingerprint density at radius 1 is 1.25 bits per heavy atom. The molecule has 0 saturated carbocycles. The molecule has 1 atom stereocenters. The van der Waals surface area contributed by atoms with E-state index in [9.17, 15) is 4.79 Å². The molecule has 1 amide bonds. The Bertz CT molecular complexity index is 936. The van der Waals surface area contributed by atoms with Crippen LogP contribution in [-0.2, 0) is 7.05 Å². The number of carbonyl (C=O) groups excluding carboxylic acids is 1. The maximum Gasteiger partial charge on any atom is 0.256 e. The third-order valence-corrected chi connectivity index (χ3v) is 5.69. The first-order valence-corrected chi connectivity index (χ1v) is 9.53. The van der Waals surface area contributed by atoms with Gasteiger partial charge in [0.15, 0.2) is 5.13 Å². The van der Waals surface area contributed by atoms with Crippen molar-refractivity contribution in [2.24, 2.45) is 7.05 Å². The number of imidazole rings is 1. The molecule has 1 N–H and O–H groups in total. The number of rotatable bonds is 3. The van der Waals surface area contributed by atoms with E-state index in [0.29, 0.717) is 13.1 Å². The summed E-state index contributed by atoms with van der Waals surface area (Å²) in [6.07, 6.45) is 5.48. The van der Waals surface area contributed by atoms with Gasteiger partial charge in [-0.3, -0.25) is 9.36 Å². The summed E-state index contributed by atoms with van der Waals surface area (Å²) < 4.78 is 4.03. The SMILES string of the molecule is Cc1cc(C(=O)N2CCNCC2c2nccn2C)c(C)n1-c1nccs1.Cl.Cl. The topological polar surface area (TPSA) is 68.0 Å². The van der Waals surface area contributed by atoms with E-state index in [1.807, 2.05) is 48.0 Å². The molecule has 1 unspecified atom stereocenters. The predicted octanol–water partition coefficient (Wildman–Crippen LogP) is 2.91. The fourth-order valence-electron chi connectivity index (χ4n) is 3.63. The molecule has 4 rings (SSSR count). The first-order chi connectivity index (χ1) is 12.6. The van der Waals surface area contributed by atoms with Crippen molar-refractivity contribution in [1.29, 1.82) is 0 Å². The molecule has 0 aliphatic carbocycles. The van der Waals surface area contributed by atoms with Gasteiger partial charge in [0, 0.05) is 62.0 Å². The molecule has 1 saturated heterocycles. The summed E-state index contributed by atoms with van der Waals surface area (Å²) in [4.78, 5) is 24.2. The lowest BCUT2D eigenvalue weighted by atomic mass is 10.1. The van der Waals surface area contributed by atoms with Gasteiger partial charge in [0.1, 0.15) is 11.9 Å². The van der Waals surface area contributed by atoms with Crippen LogP contribution in [0.1, 0.15) is 33.6 Å². The molecular weight excluding hydrogens is 419 g/mol. The molecule has 0 radical (unpaired) electrons. The summed E-state index contributed by atoms with van der Waals surface area (Å²) in [6.45, 7) is 6.16. The maximum atomic E-state index is 13.4. The van der Waals surface area contributed by atoms with Crippen molar-refractivity contribution in [3.05, 3.63) is 52.8 Å². The van der Waals surface area contributed by atoms with E-state index in [0.717, 1.165) is 34.5 Å². The van der Waals surface area contributed by atoms with Gasteiger partial charge in [0.25, 0.3) is 5.91 Å². The van der Waals surface area contributed by atoms with Gasteiger partial charge in [-0.05, 0) is 19.9 Å². The second-order valence-corrected chi connectivity index (χ2v) is 7.42. The van der Waals surface area contributed by atoms with Gasteiger partial charge in [0.05, 0.1) is 5.56 Å². The van der Waals surface area contributed by atoms with Crippen LogP contribution < -0.4 is 5.32 Å². The third kappa shape index (κ3) is 3.82. The van der Waals surface area contributed by atoms with E-state index in [1.165, 1.54) is 0 Å². The Balaban J connectivity index is 0.00000140. The maximum absolute atomic E-state index is 13.4. The van der Waals surface area contributed by atoms with Crippen LogP contribution in [0.15, 0.2) is 30.0 Å². The van der Waals surface area contributed by atoms with Crippen molar-refractivity contribution in [1.82, 2.24) is 29.3 Å². The number of nitrogens with zero attached hydrogens (tertiary/aromatic N) is 5. The van der Waals surface area contributed by atoms with Crippen molar-refractivity contribution in [2.45, 2.75) is 19.9 Å². The summed E-state index contributed by atoms with van der Waals surface area (Å²) in [5, 5.41) is 6.22. The van der Waals surface area contributed by atoms with Gasteiger partial charge in [-0.15, -0.1) is 36.2 Å². The smallest absolute Gasteiger partial charge is 0.256 e. The number of halogens is 2. The Morgan fingerprint density at radius 2 is 2.04 bits per heavy atom. The zero-order valence-corrected chi connectivity index (χ0v) is 18.4. The second kappa shape index (κ2) is 9.09. The van der Waals surface area contributed by atoms with Crippen molar-refractivity contribution in [3.63, 3.8) is 0 Å². The van der Waals surface area contributed by atoms with Crippen molar-refractivity contribution < 1.29 is 4.79 Å².